The van der Waals surface area contributed by atoms with Crippen LogP contribution in [0.4, 0.5) is 5.69 Å². The highest BCUT2D eigenvalue weighted by molar-refractivity contribution is 7.17. The lowest BCUT2D eigenvalue weighted by Crippen LogP contribution is -2.54. The van der Waals surface area contributed by atoms with Gasteiger partial charge in [-0.15, -0.1) is 21.5 Å². The van der Waals surface area contributed by atoms with Crippen LogP contribution in [0.15, 0.2) is 47.5 Å². The minimum Gasteiger partial charge on any atom is -0.384 e. The molecule has 3 aliphatic rings. The number of halogens is 1. The Balaban J connectivity index is 0.993. The molecule has 0 spiro atoms. The van der Waals surface area contributed by atoms with Crippen molar-refractivity contribution >= 4 is 69.7 Å². The quantitative estimate of drug-likeness (QED) is 0.133. The zero-order valence-electron chi connectivity index (χ0n) is 29.8. The number of carbonyl (C=O) groups is 6. The zero-order valence-corrected chi connectivity index (χ0v) is 31.4. The number of piperidine rings is 1. The number of nitrogens with zero attached hydrogens (tertiary/aromatic N) is 5. The van der Waals surface area contributed by atoms with Crippen molar-refractivity contribution in [2.45, 2.75) is 71.4 Å². The highest BCUT2D eigenvalue weighted by Crippen LogP contribution is 2.40. The van der Waals surface area contributed by atoms with Crippen molar-refractivity contribution in [3.8, 4) is 5.00 Å². The average molecular weight is 769 g/mol. The van der Waals surface area contributed by atoms with Crippen molar-refractivity contribution < 1.29 is 28.8 Å². The number of benzene rings is 2. The van der Waals surface area contributed by atoms with Crippen molar-refractivity contribution in [1.82, 2.24) is 30.3 Å². The van der Waals surface area contributed by atoms with Gasteiger partial charge in [-0.3, -0.25) is 48.5 Å². The number of aromatic nitrogens is 3. The van der Waals surface area contributed by atoms with E-state index in [1.165, 1.54) is 18.3 Å². The van der Waals surface area contributed by atoms with E-state index in [1.54, 1.807) is 30.3 Å². The first-order valence-electron chi connectivity index (χ1n) is 17.7. The molecule has 16 heteroatoms. The highest BCUT2D eigenvalue weighted by Gasteiger charge is 2.45. The molecule has 278 valence electrons. The van der Waals surface area contributed by atoms with Crippen molar-refractivity contribution in [3.63, 3.8) is 0 Å². The second-order valence-corrected chi connectivity index (χ2v) is 14.9. The van der Waals surface area contributed by atoms with Gasteiger partial charge in [0.15, 0.2) is 5.82 Å². The molecule has 0 bridgehead atoms. The third kappa shape index (κ3) is 6.84. The summed E-state index contributed by atoms with van der Waals surface area (Å²) < 4.78 is 1.90. The number of unbranched alkanes of at least 4 members (excludes halogenated alkanes) is 2. The van der Waals surface area contributed by atoms with E-state index in [1.807, 2.05) is 30.5 Å². The fraction of sp³-hybridized carbons (Fsp3) is 0.342. The van der Waals surface area contributed by atoms with Crippen LogP contribution in [-0.4, -0.2) is 79.8 Å². The number of fused-ring (bicyclic) bond motifs is 4. The number of thiophene rings is 1. The summed E-state index contributed by atoms with van der Waals surface area (Å²) in [4.78, 5) is 83.0. The Morgan fingerprint density at radius 3 is 2.46 bits per heavy atom. The number of hydrogen-bond donors (Lipinski definition) is 3. The van der Waals surface area contributed by atoms with Gasteiger partial charge in [-0.1, -0.05) is 29.8 Å². The topological polar surface area (TPSA) is 185 Å². The van der Waals surface area contributed by atoms with Crippen molar-refractivity contribution in [3.05, 3.63) is 91.8 Å². The molecule has 1 unspecified atom stereocenters. The van der Waals surface area contributed by atoms with Gasteiger partial charge in [0.25, 0.3) is 17.7 Å². The molecule has 2 atom stereocenters. The Kier molecular flexibility index (Phi) is 10.3. The molecule has 3 aliphatic heterocycles. The van der Waals surface area contributed by atoms with E-state index in [-0.39, 0.29) is 42.1 Å². The molecular weight excluding hydrogens is 732 g/mol. The van der Waals surface area contributed by atoms with Crippen LogP contribution < -0.4 is 16.0 Å². The third-order valence-electron chi connectivity index (χ3n) is 9.73. The predicted octanol–water partition coefficient (Wildman–Crippen LogP) is 4.88. The normalized spacial score (nSPS) is 17.7. The van der Waals surface area contributed by atoms with Crippen LogP contribution in [0.25, 0.3) is 5.00 Å². The molecule has 1 fully saturated rings. The number of aryl methyl sites for hydroxylation is 1. The largest absolute Gasteiger partial charge is 0.384 e. The molecule has 54 heavy (non-hydrogen) atoms. The first-order valence-corrected chi connectivity index (χ1v) is 18.9. The number of Topliss-reactive ketones (excluding diaryl/α,β-unsaturated/α-hetero) is 1. The van der Waals surface area contributed by atoms with E-state index in [2.05, 4.69) is 26.1 Å². The third-order valence-corrected chi connectivity index (χ3v) is 11.3. The van der Waals surface area contributed by atoms with Crippen LogP contribution in [0.5, 0.6) is 0 Å². The molecule has 0 aliphatic carbocycles. The lowest BCUT2D eigenvalue weighted by Gasteiger charge is -2.27. The Morgan fingerprint density at radius 1 is 0.963 bits per heavy atom. The lowest BCUT2D eigenvalue weighted by molar-refractivity contribution is -0.136. The number of nitrogens with one attached hydrogen (secondary N) is 3. The molecule has 0 radical (unpaired) electrons. The molecule has 7 rings (SSSR count). The van der Waals surface area contributed by atoms with Crippen LogP contribution in [0, 0.1) is 13.8 Å². The average Bonchev–Trinajstić information content (AvgIpc) is 3.73. The minimum atomic E-state index is -1.03. The summed E-state index contributed by atoms with van der Waals surface area (Å²) in [5, 5.41) is 18.6. The van der Waals surface area contributed by atoms with Crippen molar-refractivity contribution in [2.24, 2.45) is 4.99 Å². The van der Waals surface area contributed by atoms with Crippen molar-refractivity contribution in [1.29, 1.82) is 0 Å². The summed E-state index contributed by atoms with van der Waals surface area (Å²) in [6.07, 6.45) is 2.49. The van der Waals surface area contributed by atoms with E-state index in [9.17, 15) is 28.8 Å². The van der Waals surface area contributed by atoms with E-state index in [0.29, 0.717) is 52.5 Å². The summed E-state index contributed by atoms with van der Waals surface area (Å²) in [7, 11) is 0. The Bertz CT molecular complexity index is 2260. The van der Waals surface area contributed by atoms with Crippen LogP contribution in [0.1, 0.15) is 110 Å². The summed E-state index contributed by atoms with van der Waals surface area (Å²) in [6, 6.07) is 10.7. The molecule has 14 nitrogen and oxygen atoms in total. The van der Waals surface area contributed by atoms with E-state index in [4.69, 9.17) is 16.6 Å². The summed E-state index contributed by atoms with van der Waals surface area (Å²) in [6.45, 7) is 6.20. The number of imide groups is 2. The van der Waals surface area contributed by atoms with Crippen molar-refractivity contribution in [2.75, 3.05) is 18.4 Å². The highest BCUT2D eigenvalue weighted by atomic mass is 35.5. The number of ketones is 1. The Labute approximate surface area is 319 Å². The number of anilines is 1. The standard InChI is InChI=1S/C38H37ClN8O6S/c1-19(48)18-26-33-45-44-21(3)46(33)38-29(31(42-26)22-10-12-23(39)13-11-22)20(2)32(54-38)35(51)41-17-6-4-5-16-40-25-9-7-8-24-30(25)37(53)47(36(24)52)27-14-15-28(49)43-34(27)50/h7-13,26-27,40H,4-6,14-18H2,1-3H3,(H,41,51)(H,43,49,50)/t26-,27?/m0/s1. The van der Waals surface area contributed by atoms with Gasteiger partial charge in [0.2, 0.25) is 11.8 Å². The molecule has 4 aromatic rings. The van der Waals surface area contributed by atoms with Gasteiger partial charge in [0, 0.05) is 47.8 Å². The monoisotopic (exact) mass is 768 g/mol. The lowest BCUT2D eigenvalue weighted by atomic mass is 9.99. The fourth-order valence-electron chi connectivity index (χ4n) is 7.10. The van der Waals surface area contributed by atoms with Gasteiger partial charge >= 0.3 is 0 Å². The first kappa shape index (κ1) is 36.8. The second kappa shape index (κ2) is 15.1. The Morgan fingerprint density at radius 2 is 1.72 bits per heavy atom. The van der Waals surface area contributed by atoms with E-state index in [0.717, 1.165) is 39.4 Å². The predicted molar refractivity (Wildman–Crippen MR) is 202 cm³/mol. The van der Waals surface area contributed by atoms with E-state index < -0.39 is 35.7 Å². The number of hydrogen-bond acceptors (Lipinski definition) is 11. The first-order chi connectivity index (χ1) is 25.9. The second-order valence-electron chi connectivity index (χ2n) is 13.5. The summed E-state index contributed by atoms with van der Waals surface area (Å²) >= 11 is 7.55. The summed E-state index contributed by atoms with van der Waals surface area (Å²) in [5.74, 6) is -1.27. The SMILES string of the molecule is CC(=O)C[C@@H]1N=C(c2ccc(Cl)cc2)c2c(sc(C(=O)NCCCCCNc3cccc4c3C(=O)N(C3CCC(=O)NC3=O)C4=O)c2C)-n2c(C)nnc21. The maximum absolute atomic E-state index is 13.7. The van der Waals surface area contributed by atoms with Gasteiger partial charge in [0.1, 0.15) is 28.7 Å². The molecule has 5 amide bonds. The molecule has 3 N–H and O–H groups in total. The molecular formula is C38H37ClN8O6S. The number of amides is 5. The number of rotatable bonds is 12. The fourth-order valence-corrected chi connectivity index (χ4v) is 8.51. The van der Waals surface area contributed by atoms with Crippen LogP contribution in [0.3, 0.4) is 0 Å². The minimum absolute atomic E-state index is 0.0298. The number of carbonyl (C=O) groups excluding carboxylic acids is 6. The van der Waals surface area contributed by atoms with Gasteiger partial charge < -0.3 is 10.6 Å². The molecule has 5 heterocycles. The molecule has 1 saturated heterocycles. The van der Waals surface area contributed by atoms with E-state index >= 15 is 0 Å². The van der Waals surface area contributed by atoms with Gasteiger partial charge in [0.05, 0.1) is 21.7 Å². The van der Waals surface area contributed by atoms with Crippen LogP contribution >= 0.6 is 22.9 Å². The van der Waals surface area contributed by atoms with Crippen LogP contribution in [0.2, 0.25) is 5.02 Å². The van der Waals surface area contributed by atoms with Gasteiger partial charge in [-0.25, -0.2) is 0 Å². The van der Waals surface area contributed by atoms with Gasteiger partial charge in [-0.2, -0.15) is 0 Å². The molecule has 2 aromatic carbocycles. The number of aliphatic imine (C=N–C) groups is 1. The van der Waals surface area contributed by atoms with Crippen LogP contribution in [-0.2, 0) is 14.4 Å². The van der Waals surface area contributed by atoms with Gasteiger partial charge in [-0.05, 0) is 76.3 Å². The molecule has 0 saturated carbocycles. The Hall–Kier alpha value is -5.54. The summed E-state index contributed by atoms with van der Waals surface area (Å²) in [5.41, 5.74) is 3.93. The zero-order chi connectivity index (χ0) is 38.3. The smallest absolute Gasteiger partial charge is 0.264 e. The maximum Gasteiger partial charge on any atom is 0.264 e. The molecule has 2 aromatic heterocycles. The maximum atomic E-state index is 13.7.